The first-order valence-corrected chi connectivity index (χ1v) is 10.9. The van der Waals surface area contributed by atoms with Crippen LogP contribution < -0.4 is 10.5 Å². The number of benzene rings is 2. The van der Waals surface area contributed by atoms with Crippen LogP contribution in [0.5, 0.6) is 5.75 Å². The van der Waals surface area contributed by atoms with E-state index in [2.05, 4.69) is 5.10 Å². The number of amides is 1. The number of carbonyl (C=O) groups excluding carboxylic acids is 1. The number of carbonyl (C=O) groups is 1. The smallest absolute Gasteiger partial charge is 0.273 e. The Kier molecular flexibility index (Phi) is 6.19. The molecule has 32 heavy (non-hydrogen) atoms. The third-order valence-electron chi connectivity index (χ3n) is 5.66. The average molecular weight is 465 g/mol. The van der Waals surface area contributed by atoms with E-state index in [9.17, 15) is 18.0 Å². The highest BCUT2D eigenvalue weighted by Crippen LogP contribution is 2.57. The van der Waals surface area contributed by atoms with Crippen molar-refractivity contribution in [2.75, 3.05) is 20.3 Å². The third kappa shape index (κ3) is 3.66. The molecule has 2 aromatic carbocycles. The van der Waals surface area contributed by atoms with E-state index >= 15 is 0 Å². The highest BCUT2D eigenvalue weighted by atomic mass is 32.2. The molecule has 2 aliphatic rings. The summed E-state index contributed by atoms with van der Waals surface area (Å²) in [6.07, 6.45) is -0.464. The lowest BCUT2D eigenvalue weighted by atomic mass is 9.86. The first-order valence-electron chi connectivity index (χ1n) is 10.0. The van der Waals surface area contributed by atoms with Crippen LogP contribution in [0.4, 0.5) is 13.2 Å². The molecule has 4 rings (SSSR count). The second-order valence-corrected chi connectivity index (χ2v) is 8.79. The zero-order valence-electron chi connectivity index (χ0n) is 17.5. The average Bonchev–Trinajstić information content (AvgIpc) is 3.17. The fraction of sp³-hybridized carbons (Fsp3) is 0.364. The van der Waals surface area contributed by atoms with Crippen LogP contribution in [0.25, 0.3) is 0 Å². The molecule has 0 aliphatic carbocycles. The van der Waals surface area contributed by atoms with Gasteiger partial charge in [0.2, 0.25) is 0 Å². The zero-order valence-corrected chi connectivity index (χ0v) is 18.3. The molecule has 0 fully saturated rings. The standard InChI is InChI=1S/C22H22F3N3O3S/c1-12(30-2)21(29)28-22(32-20(27-28)16-9-14(23)3-5-18(16)25)13(7-8-26)11-31-19-6-4-15(24)10-17(19)22/h3-6,9-10,12-13H,7-8,11,26H2,1-2H3/t12-,13-,22-/m1/s1. The van der Waals surface area contributed by atoms with Crippen molar-refractivity contribution in [3.05, 3.63) is 65.0 Å². The van der Waals surface area contributed by atoms with Gasteiger partial charge in [0.15, 0.2) is 4.87 Å². The summed E-state index contributed by atoms with van der Waals surface area (Å²) >= 11 is 1.06. The largest absolute Gasteiger partial charge is 0.493 e. The van der Waals surface area contributed by atoms with Gasteiger partial charge in [-0.15, -0.1) is 0 Å². The number of fused-ring (bicyclic) bond motifs is 2. The van der Waals surface area contributed by atoms with Crippen LogP contribution in [0.1, 0.15) is 24.5 Å². The van der Waals surface area contributed by atoms with Crippen LogP contribution in [0.15, 0.2) is 41.5 Å². The van der Waals surface area contributed by atoms with E-state index < -0.39 is 40.3 Å². The van der Waals surface area contributed by atoms with Crippen LogP contribution >= 0.6 is 11.8 Å². The third-order valence-corrected chi connectivity index (χ3v) is 7.19. The maximum Gasteiger partial charge on any atom is 0.273 e. The van der Waals surface area contributed by atoms with Gasteiger partial charge in [0, 0.05) is 24.2 Å². The summed E-state index contributed by atoms with van der Waals surface area (Å²) in [7, 11) is 1.38. The van der Waals surface area contributed by atoms with Crippen molar-refractivity contribution in [1.82, 2.24) is 5.01 Å². The minimum atomic E-state index is -1.27. The summed E-state index contributed by atoms with van der Waals surface area (Å²) in [4.78, 5) is 12.1. The minimum Gasteiger partial charge on any atom is -0.493 e. The Balaban J connectivity index is 1.94. The topological polar surface area (TPSA) is 77.1 Å². The van der Waals surface area contributed by atoms with Gasteiger partial charge in [-0.1, -0.05) is 11.8 Å². The Morgan fingerprint density at radius 2 is 2.03 bits per heavy atom. The predicted molar refractivity (Wildman–Crippen MR) is 115 cm³/mol. The molecule has 0 saturated heterocycles. The van der Waals surface area contributed by atoms with Gasteiger partial charge in [0.25, 0.3) is 5.91 Å². The number of thioether (sulfide) groups is 1. The molecular weight excluding hydrogens is 443 g/mol. The van der Waals surface area contributed by atoms with Gasteiger partial charge in [-0.25, -0.2) is 18.2 Å². The van der Waals surface area contributed by atoms with Gasteiger partial charge in [-0.3, -0.25) is 4.79 Å². The van der Waals surface area contributed by atoms with Crippen molar-refractivity contribution in [2.45, 2.75) is 24.3 Å². The Morgan fingerprint density at radius 1 is 1.31 bits per heavy atom. The van der Waals surface area contributed by atoms with Gasteiger partial charge in [-0.05, 0) is 56.3 Å². The monoisotopic (exact) mass is 465 g/mol. The summed E-state index contributed by atoms with van der Waals surface area (Å²) < 4.78 is 54.0. The summed E-state index contributed by atoms with van der Waals surface area (Å²) in [5, 5.41) is 5.72. The fourth-order valence-electron chi connectivity index (χ4n) is 3.97. The summed E-state index contributed by atoms with van der Waals surface area (Å²) in [5.41, 5.74) is 6.13. The number of hydrazone groups is 1. The van der Waals surface area contributed by atoms with Crippen LogP contribution in [0, 0.1) is 23.4 Å². The Hall–Kier alpha value is -2.56. The molecule has 0 bridgehead atoms. The quantitative estimate of drug-likeness (QED) is 0.731. The number of halogens is 3. The van der Waals surface area contributed by atoms with Gasteiger partial charge < -0.3 is 15.2 Å². The van der Waals surface area contributed by atoms with Crippen molar-refractivity contribution >= 4 is 22.7 Å². The molecule has 0 radical (unpaired) electrons. The molecule has 0 unspecified atom stereocenters. The van der Waals surface area contributed by atoms with Gasteiger partial charge in [0.1, 0.15) is 34.3 Å². The first kappa shape index (κ1) is 22.6. The summed E-state index contributed by atoms with van der Waals surface area (Å²) in [5.74, 6) is -2.40. The maximum atomic E-state index is 14.6. The van der Waals surface area contributed by atoms with E-state index in [-0.39, 0.29) is 23.8 Å². The second kappa shape index (κ2) is 8.76. The van der Waals surface area contributed by atoms with Crippen molar-refractivity contribution in [3.8, 4) is 5.75 Å². The highest BCUT2D eigenvalue weighted by Gasteiger charge is 2.57. The Bertz CT molecular complexity index is 1080. The van der Waals surface area contributed by atoms with E-state index in [1.54, 1.807) is 6.92 Å². The number of rotatable bonds is 5. The molecule has 0 saturated carbocycles. The molecule has 2 aromatic rings. The predicted octanol–water partition coefficient (Wildman–Crippen LogP) is 3.59. The van der Waals surface area contributed by atoms with Crippen LogP contribution in [0.3, 0.4) is 0 Å². The fourth-order valence-corrected chi connectivity index (χ4v) is 5.49. The SMILES string of the molecule is CO[C@H](C)C(=O)N1N=C(c2cc(F)ccc2F)S[C@]12c1cc(F)ccc1OC[C@H]2CCN. The normalized spacial score (nSPS) is 23.0. The molecule has 170 valence electrons. The summed E-state index contributed by atoms with van der Waals surface area (Å²) in [6.45, 7) is 2.01. The van der Waals surface area contributed by atoms with Crippen LogP contribution in [-0.4, -0.2) is 42.3 Å². The van der Waals surface area contributed by atoms with Crippen LogP contribution in [0.2, 0.25) is 0 Å². The Labute approximate surface area is 187 Å². The molecule has 2 N–H and O–H groups in total. The van der Waals surface area contributed by atoms with Gasteiger partial charge in [0.05, 0.1) is 6.61 Å². The molecule has 6 nitrogen and oxygen atoms in total. The molecule has 1 spiro atoms. The van der Waals surface area contributed by atoms with Gasteiger partial charge in [-0.2, -0.15) is 5.10 Å². The molecule has 2 aliphatic heterocycles. The second-order valence-electron chi connectivity index (χ2n) is 7.58. The number of methoxy groups -OCH3 is 1. The van der Waals surface area contributed by atoms with Crippen LogP contribution in [-0.2, 0) is 14.4 Å². The van der Waals surface area contributed by atoms with E-state index in [4.69, 9.17) is 15.2 Å². The van der Waals surface area contributed by atoms with Crippen molar-refractivity contribution < 1.29 is 27.4 Å². The Morgan fingerprint density at radius 3 is 2.75 bits per heavy atom. The van der Waals surface area contributed by atoms with E-state index in [0.717, 1.165) is 30.0 Å². The summed E-state index contributed by atoms with van der Waals surface area (Å²) in [6, 6.07) is 7.04. The van der Waals surface area contributed by atoms with Crippen molar-refractivity contribution in [2.24, 2.45) is 16.8 Å². The van der Waals surface area contributed by atoms with Crippen molar-refractivity contribution in [1.29, 1.82) is 0 Å². The van der Waals surface area contributed by atoms with Crippen molar-refractivity contribution in [3.63, 3.8) is 0 Å². The lowest BCUT2D eigenvalue weighted by molar-refractivity contribution is -0.147. The molecule has 2 heterocycles. The number of hydrogen-bond donors (Lipinski definition) is 1. The number of ether oxygens (including phenoxy) is 2. The number of nitrogens with zero attached hydrogens (tertiary/aromatic N) is 2. The highest BCUT2D eigenvalue weighted by molar-refractivity contribution is 8.15. The molecule has 3 atom stereocenters. The van der Waals surface area contributed by atoms with E-state index in [1.807, 2.05) is 0 Å². The molecule has 10 heteroatoms. The van der Waals surface area contributed by atoms with E-state index in [1.165, 1.54) is 30.3 Å². The zero-order chi connectivity index (χ0) is 23.0. The number of hydrogen-bond acceptors (Lipinski definition) is 6. The lowest BCUT2D eigenvalue weighted by Crippen LogP contribution is -2.53. The molecular formula is C22H22F3N3O3S. The lowest BCUT2D eigenvalue weighted by Gasteiger charge is -2.45. The van der Waals surface area contributed by atoms with Gasteiger partial charge >= 0.3 is 0 Å². The maximum absolute atomic E-state index is 14.6. The minimum absolute atomic E-state index is 0.0920. The number of nitrogens with two attached hydrogens (primary N) is 1. The van der Waals surface area contributed by atoms with E-state index in [0.29, 0.717) is 17.7 Å². The molecule has 1 amide bonds. The first-order chi connectivity index (χ1) is 15.3. The molecule has 0 aromatic heterocycles.